The molecule has 0 aliphatic carbocycles. The maximum atomic E-state index is 14.2. The van der Waals surface area contributed by atoms with Crippen LogP contribution in [0.15, 0.2) is 24.3 Å². The van der Waals surface area contributed by atoms with Gasteiger partial charge in [0.25, 0.3) is 0 Å². The van der Waals surface area contributed by atoms with Crippen LogP contribution < -0.4 is 4.90 Å². The molecule has 24 heavy (non-hydrogen) atoms. The predicted molar refractivity (Wildman–Crippen MR) is 93.1 cm³/mol. The van der Waals surface area contributed by atoms with Gasteiger partial charge in [0.1, 0.15) is 5.82 Å². The number of benzene rings is 1. The second-order valence-corrected chi connectivity index (χ2v) is 8.75. The van der Waals surface area contributed by atoms with Gasteiger partial charge in [-0.05, 0) is 24.4 Å². The van der Waals surface area contributed by atoms with E-state index in [4.69, 9.17) is 12.2 Å². The molecular weight excluding hydrogens is 353 g/mol. The van der Waals surface area contributed by atoms with E-state index in [-0.39, 0.29) is 29.6 Å². The SMILES string of the molecule is CN(C)C(=O)CN1C(=S)N(c2ccccc2F)C2CS(=O)(=O)CC21. The van der Waals surface area contributed by atoms with Crippen LogP contribution in [0.25, 0.3) is 0 Å². The van der Waals surface area contributed by atoms with E-state index in [9.17, 15) is 17.6 Å². The van der Waals surface area contributed by atoms with Crippen molar-refractivity contribution in [2.75, 3.05) is 37.0 Å². The molecule has 2 aliphatic heterocycles. The maximum absolute atomic E-state index is 14.2. The number of hydrogen-bond acceptors (Lipinski definition) is 4. The number of thiocarbonyl (C=S) groups is 1. The fourth-order valence-corrected chi connectivity index (χ4v) is 5.56. The van der Waals surface area contributed by atoms with Gasteiger partial charge < -0.3 is 14.7 Å². The molecule has 6 nitrogen and oxygen atoms in total. The molecule has 9 heteroatoms. The molecule has 0 bridgehead atoms. The Kier molecular flexibility index (Phi) is 4.25. The van der Waals surface area contributed by atoms with E-state index in [1.165, 1.54) is 11.0 Å². The van der Waals surface area contributed by atoms with Crippen molar-refractivity contribution in [3.63, 3.8) is 0 Å². The van der Waals surface area contributed by atoms with Crippen LogP contribution in [0.5, 0.6) is 0 Å². The summed E-state index contributed by atoms with van der Waals surface area (Å²) in [6.45, 7) is -0.0204. The quantitative estimate of drug-likeness (QED) is 0.721. The van der Waals surface area contributed by atoms with E-state index in [0.29, 0.717) is 5.11 Å². The van der Waals surface area contributed by atoms with Crippen LogP contribution >= 0.6 is 12.2 Å². The van der Waals surface area contributed by atoms with Crippen molar-refractivity contribution >= 4 is 38.8 Å². The summed E-state index contributed by atoms with van der Waals surface area (Å²) in [4.78, 5) is 16.7. The fourth-order valence-electron chi connectivity index (χ4n) is 3.18. The molecule has 1 aromatic rings. The number of halogens is 1. The molecule has 1 aromatic carbocycles. The lowest BCUT2D eigenvalue weighted by Crippen LogP contribution is -2.44. The van der Waals surface area contributed by atoms with E-state index in [0.717, 1.165) is 0 Å². The number of nitrogens with zero attached hydrogens (tertiary/aromatic N) is 3. The van der Waals surface area contributed by atoms with Crippen LogP contribution in [0, 0.1) is 5.82 Å². The summed E-state index contributed by atoms with van der Waals surface area (Å²) in [5, 5.41) is 0.292. The number of rotatable bonds is 3. The highest BCUT2D eigenvalue weighted by molar-refractivity contribution is 7.91. The molecule has 2 atom stereocenters. The summed E-state index contributed by atoms with van der Waals surface area (Å²) < 4.78 is 38.4. The van der Waals surface area contributed by atoms with Crippen LogP contribution in [0.2, 0.25) is 0 Å². The first kappa shape index (κ1) is 17.1. The highest BCUT2D eigenvalue weighted by Crippen LogP contribution is 2.36. The Labute approximate surface area is 145 Å². The van der Waals surface area contributed by atoms with Gasteiger partial charge in [0.15, 0.2) is 14.9 Å². The van der Waals surface area contributed by atoms with Gasteiger partial charge in [-0.1, -0.05) is 12.1 Å². The van der Waals surface area contributed by atoms with Crippen LogP contribution in [-0.4, -0.2) is 73.5 Å². The third-order valence-electron chi connectivity index (χ3n) is 4.39. The summed E-state index contributed by atoms with van der Waals surface area (Å²) in [6, 6.07) is 5.20. The molecule has 0 saturated carbocycles. The van der Waals surface area contributed by atoms with Crippen LogP contribution in [-0.2, 0) is 14.6 Å². The Morgan fingerprint density at radius 1 is 1.29 bits per heavy atom. The topological polar surface area (TPSA) is 60.9 Å². The van der Waals surface area contributed by atoms with E-state index in [1.54, 1.807) is 42.1 Å². The van der Waals surface area contributed by atoms with Crippen molar-refractivity contribution in [3.8, 4) is 0 Å². The van der Waals surface area contributed by atoms with Gasteiger partial charge in [0.05, 0.1) is 35.8 Å². The second kappa shape index (κ2) is 5.96. The normalized spacial score (nSPS) is 25.0. The zero-order valence-corrected chi connectivity index (χ0v) is 15.0. The number of anilines is 1. The standard InChI is InChI=1S/C15H18FN3O3S2/c1-17(2)14(20)7-18-12-8-24(21,22)9-13(12)19(15(18)23)11-6-4-3-5-10(11)16/h3-6,12-13H,7-9H2,1-2H3. The summed E-state index contributed by atoms with van der Waals surface area (Å²) >= 11 is 5.46. The van der Waals surface area contributed by atoms with E-state index in [2.05, 4.69) is 0 Å². The maximum Gasteiger partial charge on any atom is 0.241 e. The van der Waals surface area contributed by atoms with Crippen molar-refractivity contribution in [1.82, 2.24) is 9.80 Å². The average Bonchev–Trinajstić information content (AvgIpc) is 2.92. The van der Waals surface area contributed by atoms with E-state index in [1.807, 2.05) is 0 Å². The van der Waals surface area contributed by atoms with Gasteiger partial charge in [-0.15, -0.1) is 0 Å². The summed E-state index contributed by atoms with van der Waals surface area (Å²) in [7, 11) is -0.0140. The third-order valence-corrected chi connectivity index (χ3v) is 6.52. The number of hydrogen-bond donors (Lipinski definition) is 0. The lowest BCUT2D eigenvalue weighted by molar-refractivity contribution is -0.129. The average molecular weight is 371 g/mol. The zero-order valence-electron chi connectivity index (χ0n) is 13.3. The molecule has 2 saturated heterocycles. The van der Waals surface area contributed by atoms with Crippen LogP contribution in [0.1, 0.15) is 0 Å². The van der Waals surface area contributed by atoms with Gasteiger partial charge >= 0.3 is 0 Å². The Morgan fingerprint density at radius 2 is 1.92 bits per heavy atom. The van der Waals surface area contributed by atoms with Crippen molar-refractivity contribution in [2.24, 2.45) is 0 Å². The number of carbonyl (C=O) groups is 1. The minimum absolute atomic E-state index is 0.0204. The number of fused-ring (bicyclic) bond motifs is 1. The Hall–Kier alpha value is -1.74. The number of amides is 1. The zero-order chi connectivity index (χ0) is 17.6. The third kappa shape index (κ3) is 2.86. The van der Waals surface area contributed by atoms with Gasteiger partial charge in [0, 0.05) is 14.1 Å². The minimum atomic E-state index is -3.26. The van der Waals surface area contributed by atoms with Gasteiger partial charge in [-0.2, -0.15) is 0 Å². The number of likely N-dealkylation sites (N-methyl/N-ethyl adjacent to an activating group) is 1. The molecule has 0 radical (unpaired) electrons. The van der Waals surface area contributed by atoms with Gasteiger partial charge in [-0.3, -0.25) is 4.79 Å². The monoisotopic (exact) mass is 371 g/mol. The predicted octanol–water partition coefficient (Wildman–Crippen LogP) is 0.486. The fraction of sp³-hybridized carbons (Fsp3) is 0.467. The summed E-state index contributed by atoms with van der Waals surface area (Å²) in [6.07, 6.45) is 0. The molecule has 0 spiro atoms. The first-order chi connectivity index (χ1) is 11.2. The van der Waals surface area contributed by atoms with Gasteiger partial charge in [-0.25, -0.2) is 12.8 Å². The molecule has 3 rings (SSSR count). The number of carbonyl (C=O) groups excluding carboxylic acids is 1. The van der Waals surface area contributed by atoms with Crippen molar-refractivity contribution in [2.45, 2.75) is 12.1 Å². The molecule has 2 unspecified atom stereocenters. The molecule has 2 heterocycles. The summed E-state index contributed by atoms with van der Waals surface area (Å²) in [5.41, 5.74) is 0.245. The lowest BCUT2D eigenvalue weighted by atomic mass is 10.1. The van der Waals surface area contributed by atoms with Gasteiger partial charge in [0.2, 0.25) is 5.91 Å². The molecule has 0 N–H and O–H groups in total. The largest absolute Gasteiger partial charge is 0.347 e. The smallest absolute Gasteiger partial charge is 0.241 e. The molecular formula is C15H18FN3O3S2. The van der Waals surface area contributed by atoms with Crippen molar-refractivity contribution in [3.05, 3.63) is 30.1 Å². The first-order valence-electron chi connectivity index (χ1n) is 7.46. The highest BCUT2D eigenvalue weighted by atomic mass is 32.2. The van der Waals surface area contributed by atoms with Crippen molar-refractivity contribution in [1.29, 1.82) is 0 Å². The minimum Gasteiger partial charge on any atom is -0.347 e. The second-order valence-electron chi connectivity index (χ2n) is 6.23. The van der Waals surface area contributed by atoms with E-state index >= 15 is 0 Å². The Balaban J connectivity index is 2.00. The Bertz CT molecular complexity index is 797. The molecule has 2 fully saturated rings. The van der Waals surface area contributed by atoms with Crippen molar-refractivity contribution < 1.29 is 17.6 Å². The molecule has 1 amide bonds. The Morgan fingerprint density at radius 3 is 2.54 bits per heavy atom. The molecule has 2 aliphatic rings. The van der Waals surface area contributed by atoms with Crippen LogP contribution in [0.4, 0.5) is 10.1 Å². The number of sulfone groups is 1. The first-order valence-corrected chi connectivity index (χ1v) is 9.69. The van der Waals surface area contributed by atoms with E-state index < -0.39 is 27.7 Å². The summed E-state index contributed by atoms with van der Waals surface area (Å²) in [5.74, 6) is -0.832. The van der Waals surface area contributed by atoms with Crippen LogP contribution in [0.3, 0.4) is 0 Å². The molecule has 0 aromatic heterocycles. The lowest BCUT2D eigenvalue weighted by Gasteiger charge is -2.26. The highest BCUT2D eigenvalue weighted by Gasteiger charge is 2.52. The molecule has 130 valence electrons. The number of para-hydroxylation sites is 1.